The van der Waals surface area contributed by atoms with Gasteiger partial charge in [0.2, 0.25) is 0 Å². The maximum atomic E-state index is 10.6. The molecule has 0 radical (unpaired) electrons. The van der Waals surface area contributed by atoms with Crippen LogP contribution in [0.25, 0.3) is 0 Å². The van der Waals surface area contributed by atoms with Crippen molar-refractivity contribution in [3.8, 4) is 0 Å². The van der Waals surface area contributed by atoms with Gasteiger partial charge in [0.25, 0.3) is 0 Å². The number of carbonyl (C=O) groups is 1. The molecule has 1 atom stereocenters. The van der Waals surface area contributed by atoms with E-state index in [0.29, 0.717) is 6.42 Å². The number of rotatable bonds is 3. The molecule has 12 heavy (non-hydrogen) atoms. The van der Waals surface area contributed by atoms with Crippen molar-refractivity contribution in [1.29, 1.82) is 0 Å². The molecule has 1 unspecified atom stereocenters. The monoisotopic (exact) mass is 206 g/mol. The van der Waals surface area contributed by atoms with Gasteiger partial charge in [0.1, 0.15) is 0 Å². The van der Waals surface area contributed by atoms with Gasteiger partial charge in [0.15, 0.2) is 0 Å². The first-order chi connectivity index (χ1) is 5.25. The molecule has 1 aromatic rings. The van der Waals surface area contributed by atoms with E-state index in [1.165, 1.54) is 11.3 Å². The second kappa shape index (κ2) is 5.17. The molecule has 4 heteroatoms. The molecule has 0 aliphatic heterocycles. The summed E-state index contributed by atoms with van der Waals surface area (Å²) in [6.07, 6.45) is 0.663. The van der Waals surface area contributed by atoms with Crippen LogP contribution in [-0.2, 0) is 4.79 Å². The van der Waals surface area contributed by atoms with Crippen LogP contribution in [0.4, 0.5) is 0 Å². The Morgan fingerprint density at radius 2 is 2.42 bits per heavy atom. The molecule has 0 bridgehead atoms. The lowest BCUT2D eigenvalue weighted by Crippen LogP contribution is -2.08. The first-order valence-electron chi connectivity index (χ1n) is 3.52. The molecule has 2 nitrogen and oxygen atoms in total. The number of halogens is 1. The maximum absolute atomic E-state index is 10.6. The van der Waals surface area contributed by atoms with Crippen LogP contribution < -0.4 is 0 Å². The fourth-order valence-corrected chi connectivity index (χ4v) is 1.89. The average molecular weight is 207 g/mol. The van der Waals surface area contributed by atoms with Gasteiger partial charge in [-0.25, -0.2) is 0 Å². The second-order valence-electron chi connectivity index (χ2n) is 2.31. The molecule has 0 amide bonds. The second-order valence-corrected chi connectivity index (χ2v) is 3.29. The Morgan fingerprint density at radius 3 is 2.75 bits per heavy atom. The Bertz CT molecular complexity index is 233. The summed E-state index contributed by atoms with van der Waals surface area (Å²) >= 11 is 1.50. The van der Waals surface area contributed by atoms with Crippen LogP contribution in [0.15, 0.2) is 17.5 Å². The Labute approximate surface area is 81.6 Å². The van der Waals surface area contributed by atoms with Crippen molar-refractivity contribution in [3.05, 3.63) is 22.4 Å². The number of carboxylic acids is 1. The molecule has 0 saturated carbocycles. The van der Waals surface area contributed by atoms with E-state index in [4.69, 9.17) is 5.11 Å². The zero-order chi connectivity index (χ0) is 8.27. The number of thiophene rings is 1. The van der Waals surface area contributed by atoms with E-state index in [1.54, 1.807) is 0 Å². The molecule has 0 aromatic carbocycles. The van der Waals surface area contributed by atoms with E-state index in [2.05, 4.69) is 0 Å². The van der Waals surface area contributed by atoms with Crippen LogP contribution in [-0.4, -0.2) is 11.1 Å². The highest BCUT2D eigenvalue weighted by molar-refractivity contribution is 7.10. The quantitative estimate of drug-likeness (QED) is 0.826. The molecule has 1 aromatic heterocycles. The Balaban J connectivity index is 0.00000121. The third kappa shape index (κ3) is 2.50. The van der Waals surface area contributed by atoms with E-state index in [0.717, 1.165) is 4.88 Å². The van der Waals surface area contributed by atoms with Crippen LogP contribution in [0.3, 0.4) is 0 Å². The molecule has 0 spiro atoms. The topological polar surface area (TPSA) is 37.3 Å². The lowest BCUT2D eigenvalue weighted by Gasteiger charge is -2.04. The summed E-state index contributed by atoms with van der Waals surface area (Å²) in [6, 6.07) is 3.75. The first-order valence-corrected chi connectivity index (χ1v) is 4.40. The van der Waals surface area contributed by atoms with Crippen LogP contribution in [0, 0.1) is 0 Å². The predicted molar refractivity (Wildman–Crippen MR) is 52.2 cm³/mol. The molecule has 1 rings (SSSR count). The maximum Gasteiger partial charge on any atom is 0.311 e. The summed E-state index contributed by atoms with van der Waals surface area (Å²) < 4.78 is 0. The largest absolute Gasteiger partial charge is 0.481 e. The average Bonchev–Trinajstić information content (AvgIpc) is 2.40. The smallest absolute Gasteiger partial charge is 0.311 e. The minimum Gasteiger partial charge on any atom is -0.481 e. The zero-order valence-corrected chi connectivity index (χ0v) is 8.32. The lowest BCUT2D eigenvalue weighted by molar-refractivity contribution is -0.138. The van der Waals surface area contributed by atoms with Crippen molar-refractivity contribution in [3.63, 3.8) is 0 Å². The van der Waals surface area contributed by atoms with E-state index in [1.807, 2.05) is 24.4 Å². The van der Waals surface area contributed by atoms with Gasteiger partial charge in [0.05, 0.1) is 5.92 Å². The van der Waals surface area contributed by atoms with Gasteiger partial charge in [-0.15, -0.1) is 23.7 Å². The molecular formula is C8H11ClO2S. The van der Waals surface area contributed by atoms with Crippen LogP contribution >= 0.6 is 23.7 Å². The van der Waals surface area contributed by atoms with E-state index >= 15 is 0 Å². The predicted octanol–water partition coefficient (Wildman–Crippen LogP) is 2.75. The van der Waals surface area contributed by atoms with E-state index < -0.39 is 5.97 Å². The summed E-state index contributed by atoms with van der Waals surface area (Å²) in [5.74, 6) is -1.04. The fourth-order valence-electron chi connectivity index (χ4n) is 0.987. The number of hydrogen-bond acceptors (Lipinski definition) is 2. The lowest BCUT2D eigenvalue weighted by atomic mass is 10.1. The molecule has 68 valence electrons. The fraction of sp³-hybridized carbons (Fsp3) is 0.375. The van der Waals surface area contributed by atoms with Gasteiger partial charge in [0, 0.05) is 4.88 Å². The highest BCUT2D eigenvalue weighted by Gasteiger charge is 2.17. The van der Waals surface area contributed by atoms with Crippen molar-refractivity contribution in [1.82, 2.24) is 0 Å². The van der Waals surface area contributed by atoms with Gasteiger partial charge in [-0.3, -0.25) is 4.79 Å². The van der Waals surface area contributed by atoms with Crippen LogP contribution in [0.5, 0.6) is 0 Å². The van der Waals surface area contributed by atoms with Crippen LogP contribution in [0.2, 0.25) is 0 Å². The van der Waals surface area contributed by atoms with E-state index in [9.17, 15) is 4.79 Å². The third-order valence-corrected chi connectivity index (χ3v) is 2.58. The molecule has 1 N–H and O–H groups in total. The Kier molecular flexibility index (Phi) is 4.93. The Hall–Kier alpha value is -0.540. The third-order valence-electron chi connectivity index (χ3n) is 1.59. The highest BCUT2D eigenvalue weighted by atomic mass is 35.5. The molecular weight excluding hydrogens is 196 g/mol. The van der Waals surface area contributed by atoms with Crippen molar-refractivity contribution in [2.75, 3.05) is 0 Å². The normalized spacial score (nSPS) is 11.8. The molecule has 0 aliphatic carbocycles. The summed E-state index contributed by atoms with van der Waals surface area (Å²) in [7, 11) is 0. The summed E-state index contributed by atoms with van der Waals surface area (Å²) in [5.41, 5.74) is 0. The van der Waals surface area contributed by atoms with Gasteiger partial charge < -0.3 is 5.11 Å². The van der Waals surface area contributed by atoms with Gasteiger partial charge >= 0.3 is 5.97 Å². The van der Waals surface area contributed by atoms with Crippen molar-refractivity contribution in [2.45, 2.75) is 19.3 Å². The van der Waals surface area contributed by atoms with Gasteiger partial charge in [-0.1, -0.05) is 13.0 Å². The van der Waals surface area contributed by atoms with Crippen molar-refractivity contribution in [2.24, 2.45) is 0 Å². The molecule has 0 fully saturated rings. The molecule has 1 heterocycles. The zero-order valence-electron chi connectivity index (χ0n) is 6.69. The molecule has 0 saturated heterocycles. The van der Waals surface area contributed by atoms with Crippen molar-refractivity contribution < 1.29 is 9.90 Å². The number of carboxylic acid groups (broad SMARTS) is 1. The van der Waals surface area contributed by atoms with Crippen molar-refractivity contribution >= 4 is 29.7 Å². The van der Waals surface area contributed by atoms with Gasteiger partial charge in [-0.2, -0.15) is 0 Å². The SMILES string of the molecule is CCC(C(=O)O)c1cccs1.Cl. The van der Waals surface area contributed by atoms with Gasteiger partial charge in [-0.05, 0) is 17.9 Å². The Morgan fingerprint density at radius 1 is 1.75 bits per heavy atom. The minimum absolute atomic E-state index is 0. The highest BCUT2D eigenvalue weighted by Crippen LogP contribution is 2.23. The van der Waals surface area contributed by atoms with E-state index in [-0.39, 0.29) is 18.3 Å². The summed E-state index contributed by atoms with van der Waals surface area (Å²) in [4.78, 5) is 11.6. The number of aliphatic carboxylic acids is 1. The first kappa shape index (κ1) is 11.5. The minimum atomic E-state index is -0.727. The summed E-state index contributed by atoms with van der Waals surface area (Å²) in [5, 5.41) is 10.7. The molecule has 0 aliphatic rings. The number of hydrogen-bond donors (Lipinski definition) is 1. The van der Waals surface area contributed by atoms with Crippen LogP contribution in [0.1, 0.15) is 24.1 Å². The standard InChI is InChI=1S/C8H10O2S.ClH/c1-2-6(8(9)10)7-4-3-5-11-7;/h3-6H,2H2,1H3,(H,9,10);1H. The summed E-state index contributed by atoms with van der Waals surface area (Å²) in [6.45, 7) is 1.89.